The number of aryl methyl sites for hydroxylation is 1. The summed E-state index contributed by atoms with van der Waals surface area (Å²) >= 11 is 0. The van der Waals surface area contributed by atoms with Crippen LogP contribution in [-0.2, 0) is 4.57 Å². The third-order valence-electron chi connectivity index (χ3n) is 0.853. The third-order valence-corrected chi connectivity index (χ3v) is 0.853. The summed E-state index contributed by atoms with van der Waals surface area (Å²) in [7, 11) is -4.89. The van der Waals surface area contributed by atoms with E-state index in [9.17, 15) is 0 Å². The molecule has 0 atom stereocenters. The molecule has 0 spiro atoms. The first-order chi connectivity index (χ1) is 5.79. The molecular weight excluding hydrogens is 197 g/mol. The van der Waals surface area contributed by atoms with Gasteiger partial charge in [-0.25, -0.2) is 4.98 Å². The van der Waals surface area contributed by atoms with Gasteiger partial charge in [0.05, 0.1) is 6.20 Å². The largest absolute Gasteiger partial charge is 0.756 e. The number of nitrogen functional groups attached to an aromatic ring is 1. The van der Waals surface area contributed by atoms with E-state index in [2.05, 4.69) is 9.97 Å². The number of H-pyrrole nitrogens is 1. The van der Waals surface area contributed by atoms with Gasteiger partial charge in [0.2, 0.25) is 0 Å². The standard InChI is InChI=1S/C5H7N3.H3O4P/c1-4-2-3-7-5(6)8-4;1-5(2,3)4/h2-3H,1H3,(H2,6,7,8);(H3,1,2,3,4). The Morgan fingerprint density at radius 1 is 1.69 bits per heavy atom. The van der Waals surface area contributed by atoms with E-state index in [-0.39, 0.29) is 0 Å². The first kappa shape index (κ1) is 12.0. The first-order valence-electron chi connectivity index (χ1n) is 3.16. The Labute approximate surface area is 74.5 Å². The maximum Gasteiger partial charge on any atom is 0.387 e. The Morgan fingerprint density at radius 2 is 2.15 bits per heavy atom. The number of hydrogen-bond acceptors (Lipinski definition) is 4. The Morgan fingerprint density at radius 3 is 2.38 bits per heavy atom. The molecule has 0 amide bonds. The number of nitrogens with two attached hydrogens (primary N) is 1. The van der Waals surface area contributed by atoms with Crippen molar-refractivity contribution in [3.8, 4) is 0 Å². The number of rotatable bonds is 0. The highest BCUT2D eigenvalue weighted by molar-refractivity contribution is 7.43. The molecule has 0 aromatic carbocycles. The van der Waals surface area contributed by atoms with Crippen molar-refractivity contribution in [1.82, 2.24) is 4.98 Å². The molecule has 0 aliphatic heterocycles. The molecule has 0 unspecified atom stereocenters. The van der Waals surface area contributed by atoms with Gasteiger partial charge in [-0.3, -0.25) is 10.3 Å². The average Bonchev–Trinajstić information content (AvgIpc) is 1.81. The van der Waals surface area contributed by atoms with Crippen LogP contribution >= 0.6 is 7.82 Å². The van der Waals surface area contributed by atoms with Gasteiger partial charge in [0.25, 0.3) is 7.82 Å². The lowest BCUT2D eigenvalue weighted by molar-refractivity contribution is -0.364. The van der Waals surface area contributed by atoms with Crippen molar-refractivity contribution in [2.24, 2.45) is 0 Å². The lowest BCUT2D eigenvalue weighted by Gasteiger charge is -2.01. The van der Waals surface area contributed by atoms with Crippen molar-refractivity contribution >= 4 is 13.8 Å². The number of nitrogens with zero attached hydrogens (tertiary/aromatic N) is 1. The number of aromatic amines is 1. The molecule has 8 heteroatoms. The van der Waals surface area contributed by atoms with Crippen molar-refractivity contribution < 1.29 is 24.2 Å². The fourth-order valence-electron chi connectivity index (χ4n) is 0.507. The van der Waals surface area contributed by atoms with Gasteiger partial charge in [0.1, 0.15) is 5.69 Å². The smallest absolute Gasteiger partial charge is 0.387 e. The molecule has 0 aliphatic rings. The zero-order valence-electron chi connectivity index (χ0n) is 6.84. The molecule has 7 nitrogen and oxygen atoms in total. The highest BCUT2D eigenvalue weighted by Gasteiger charge is 1.92. The highest BCUT2D eigenvalue weighted by atomic mass is 31.2. The zero-order valence-corrected chi connectivity index (χ0v) is 7.73. The molecule has 0 saturated heterocycles. The molecule has 0 bridgehead atoms. The number of phosphoric acid groups is 1. The second kappa shape index (κ2) is 4.88. The van der Waals surface area contributed by atoms with Gasteiger partial charge in [-0.2, -0.15) is 0 Å². The van der Waals surface area contributed by atoms with E-state index in [1.54, 1.807) is 6.20 Å². The van der Waals surface area contributed by atoms with Gasteiger partial charge in [0.15, 0.2) is 0 Å². The van der Waals surface area contributed by atoms with Crippen LogP contribution in [0, 0.1) is 6.92 Å². The van der Waals surface area contributed by atoms with Crippen LogP contribution in [0.15, 0.2) is 12.3 Å². The van der Waals surface area contributed by atoms with Crippen LogP contribution in [-0.4, -0.2) is 14.8 Å². The van der Waals surface area contributed by atoms with Crippen molar-refractivity contribution in [2.45, 2.75) is 6.92 Å². The molecule has 0 aliphatic carbocycles. The van der Waals surface area contributed by atoms with Gasteiger partial charge >= 0.3 is 5.95 Å². The molecule has 74 valence electrons. The summed E-state index contributed by atoms with van der Waals surface area (Å²) in [4.78, 5) is 29.6. The van der Waals surface area contributed by atoms with Gasteiger partial charge in [0, 0.05) is 6.07 Å². The lowest BCUT2D eigenvalue weighted by atomic mass is 10.5. The second-order valence-corrected chi connectivity index (χ2v) is 3.09. The van der Waals surface area contributed by atoms with Crippen LogP contribution < -0.4 is 15.6 Å². The molecule has 1 heterocycles. The summed E-state index contributed by atoms with van der Waals surface area (Å²) in [6.07, 6.45) is 1.76. The minimum absolute atomic E-state index is 0.463. The lowest BCUT2D eigenvalue weighted by Crippen LogP contribution is -2.11. The van der Waals surface area contributed by atoms with Crippen molar-refractivity contribution in [3.63, 3.8) is 0 Å². The number of hydrogen-bond donors (Lipinski definition) is 3. The molecule has 5 N–H and O–H groups in total. The van der Waals surface area contributed by atoms with Gasteiger partial charge in [-0.15, -0.1) is 0 Å². The predicted octanol–water partition coefficient (Wildman–Crippen LogP) is -1.77. The fraction of sp³-hybridized carbons (Fsp3) is 0.200. The van der Waals surface area contributed by atoms with Crippen LogP contribution in [0.25, 0.3) is 0 Å². The van der Waals surface area contributed by atoms with E-state index < -0.39 is 7.82 Å². The van der Waals surface area contributed by atoms with Crippen molar-refractivity contribution in [1.29, 1.82) is 0 Å². The molecule has 1 aromatic rings. The summed E-state index contributed by atoms with van der Waals surface area (Å²) in [5, 5.41) is 0. The second-order valence-electron chi connectivity index (χ2n) is 2.11. The number of nitrogens with one attached hydrogen (secondary N) is 1. The van der Waals surface area contributed by atoms with Crippen LogP contribution in [0.4, 0.5) is 5.95 Å². The maximum absolute atomic E-state index is 8.77. The van der Waals surface area contributed by atoms with E-state index in [0.717, 1.165) is 5.69 Å². The van der Waals surface area contributed by atoms with Gasteiger partial charge in [-0.1, -0.05) is 4.98 Å². The summed E-state index contributed by atoms with van der Waals surface area (Å²) in [5.74, 6) is 0.463. The molecule has 1 rings (SSSR count). The van der Waals surface area contributed by atoms with Crippen LogP contribution in [0.2, 0.25) is 0 Å². The topological polar surface area (TPSA) is 134 Å². The summed E-state index contributed by atoms with van der Waals surface area (Å²) in [5.41, 5.74) is 6.22. The van der Waals surface area contributed by atoms with E-state index in [0.29, 0.717) is 5.95 Å². The van der Waals surface area contributed by atoms with Crippen LogP contribution in [0.3, 0.4) is 0 Å². The Balaban J connectivity index is 0.000000252. The SMILES string of the molecule is Cc1cc[nH+]c(N)n1.O=P([O-])(O)O. The fourth-order valence-corrected chi connectivity index (χ4v) is 0.507. The van der Waals surface area contributed by atoms with Gasteiger partial charge in [-0.05, 0) is 6.92 Å². The quantitative estimate of drug-likeness (QED) is 0.431. The molecule has 0 radical (unpaired) electrons. The summed E-state index contributed by atoms with van der Waals surface area (Å²) in [6, 6.07) is 1.86. The normalized spacial score (nSPS) is 10.2. The van der Waals surface area contributed by atoms with E-state index in [4.69, 9.17) is 25.0 Å². The Hall–Kier alpha value is -1.01. The predicted molar refractivity (Wildman–Crippen MR) is 42.0 cm³/mol. The highest BCUT2D eigenvalue weighted by Crippen LogP contribution is 2.18. The number of anilines is 1. The van der Waals surface area contributed by atoms with Crippen LogP contribution in [0.1, 0.15) is 5.69 Å². The minimum Gasteiger partial charge on any atom is -0.756 e. The maximum atomic E-state index is 8.77. The van der Waals surface area contributed by atoms with Crippen molar-refractivity contribution in [2.75, 3.05) is 5.73 Å². The molecule has 0 saturated carbocycles. The Kier molecular flexibility index (Phi) is 4.50. The molecule has 1 aromatic heterocycles. The molecular formula is C5H10N3O4P. The third kappa shape index (κ3) is 11.0. The van der Waals surface area contributed by atoms with Gasteiger partial charge < -0.3 is 14.7 Å². The van der Waals surface area contributed by atoms with Crippen LogP contribution in [0.5, 0.6) is 0 Å². The van der Waals surface area contributed by atoms with E-state index in [1.165, 1.54) is 0 Å². The van der Waals surface area contributed by atoms with E-state index >= 15 is 0 Å². The number of aromatic nitrogens is 2. The first-order valence-corrected chi connectivity index (χ1v) is 4.69. The Bertz CT molecular complexity index is 287. The van der Waals surface area contributed by atoms with Crippen molar-refractivity contribution in [3.05, 3.63) is 18.0 Å². The average molecular weight is 207 g/mol. The van der Waals surface area contributed by atoms with E-state index in [1.807, 2.05) is 13.0 Å². The summed E-state index contributed by atoms with van der Waals surface area (Å²) < 4.78 is 8.77. The summed E-state index contributed by atoms with van der Waals surface area (Å²) in [6.45, 7) is 1.89. The zero-order chi connectivity index (χ0) is 10.5. The molecule has 0 fully saturated rings. The monoisotopic (exact) mass is 207 g/mol. The molecule has 13 heavy (non-hydrogen) atoms. The minimum atomic E-state index is -4.89.